The molecule has 28 heavy (non-hydrogen) atoms. The summed E-state index contributed by atoms with van der Waals surface area (Å²) in [4.78, 5) is 25.4. The smallest absolute Gasteiger partial charge is 0.241 e. The number of nitrogens with one attached hydrogen (secondary N) is 1. The van der Waals surface area contributed by atoms with Crippen molar-refractivity contribution in [1.82, 2.24) is 0 Å². The van der Waals surface area contributed by atoms with Gasteiger partial charge in [0.2, 0.25) is 5.91 Å². The Bertz CT molecular complexity index is 947. The summed E-state index contributed by atoms with van der Waals surface area (Å²) in [5, 5.41) is 3.18. The van der Waals surface area contributed by atoms with Crippen LogP contribution in [-0.4, -0.2) is 17.7 Å². The van der Waals surface area contributed by atoms with Crippen LogP contribution >= 0.6 is 24.0 Å². The molecule has 4 nitrogen and oxygen atoms in total. The molecule has 0 aliphatic carbocycles. The van der Waals surface area contributed by atoms with Gasteiger partial charge in [0.25, 0.3) is 0 Å². The van der Waals surface area contributed by atoms with Crippen LogP contribution in [0.25, 0.3) is 0 Å². The van der Waals surface area contributed by atoms with Crippen LogP contribution in [0, 0.1) is 0 Å². The van der Waals surface area contributed by atoms with Crippen molar-refractivity contribution < 1.29 is 9.59 Å². The standard InChI is InChI=1S/C22H19ClN2O2.ClH/c23-17-11-12-20(18(14-17)21(26)16-9-5-2-6-10-16)25-22(27)19(24)13-15-7-3-1-4-8-15;/h1-12,14,19H,13,24H2,(H,25,27);1H. The zero-order valence-corrected chi connectivity index (χ0v) is 16.5. The molecule has 0 spiro atoms. The second-order valence-electron chi connectivity index (χ2n) is 6.17. The molecule has 1 unspecified atom stereocenters. The van der Waals surface area contributed by atoms with Gasteiger partial charge in [-0.3, -0.25) is 9.59 Å². The zero-order chi connectivity index (χ0) is 19.2. The number of anilines is 1. The maximum Gasteiger partial charge on any atom is 0.241 e. The molecular weight excluding hydrogens is 395 g/mol. The van der Waals surface area contributed by atoms with Crippen molar-refractivity contribution in [3.05, 3.63) is 101 Å². The maximum atomic E-state index is 12.8. The average Bonchev–Trinajstić information content (AvgIpc) is 2.70. The molecular formula is C22H20Cl2N2O2. The zero-order valence-electron chi connectivity index (χ0n) is 15.0. The van der Waals surface area contributed by atoms with Crippen molar-refractivity contribution in [2.45, 2.75) is 12.5 Å². The molecule has 144 valence electrons. The highest BCUT2D eigenvalue weighted by Crippen LogP contribution is 2.24. The van der Waals surface area contributed by atoms with Crippen LogP contribution in [0.1, 0.15) is 21.5 Å². The molecule has 0 aromatic heterocycles. The highest BCUT2D eigenvalue weighted by Gasteiger charge is 2.19. The minimum absolute atomic E-state index is 0. The molecule has 0 saturated heterocycles. The van der Waals surface area contributed by atoms with Crippen LogP contribution in [0.4, 0.5) is 5.69 Å². The second kappa shape index (κ2) is 10.0. The minimum Gasteiger partial charge on any atom is -0.324 e. The predicted molar refractivity (Wildman–Crippen MR) is 115 cm³/mol. The molecule has 3 N–H and O–H groups in total. The monoisotopic (exact) mass is 414 g/mol. The Balaban J connectivity index is 0.00000280. The number of rotatable bonds is 6. The summed E-state index contributed by atoms with van der Waals surface area (Å²) < 4.78 is 0. The van der Waals surface area contributed by atoms with Crippen molar-refractivity contribution in [2.75, 3.05) is 5.32 Å². The molecule has 0 aliphatic rings. The predicted octanol–water partition coefficient (Wildman–Crippen LogP) is 4.50. The van der Waals surface area contributed by atoms with E-state index in [1.807, 2.05) is 36.4 Å². The average molecular weight is 415 g/mol. The van der Waals surface area contributed by atoms with Gasteiger partial charge in [0.1, 0.15) is 0 Å². The lowest BCUT2D eigenvalue weighted by atomic mass is 10.0. The van der Waals surface area contributed by atoms with Crippen molar-refractivity contribution in [3.8, 4) is 0 Å². The van der Waals surface area contributed by atoms with Gasteiger partial charge in [-0.05, 0) is 30.2 Å². The number of hydrogen-bond donors (Lipinski definition) is 2. The molecule has 3 aromatic rings. The summed E-state index contributed by atoms with van der Waals surface area (Å²) in [5.74, 6) is -0.576. The van der Waals surface area contributed by atoms with Gasteiger partial charge in [0.05, 0.1) is 11.7 Å². The van der Waals surface area contributed by atoms with Crippen LogP contribution in [0.15, 0.2) is 78.9 Å². The molecule has 0 bridgehead atoms. The third-order valence-electron chi connectivity index (χ3n) is 4.16. The Morgan fingerprint density at radius 1 is 0.929 bits per heavy atom. The first-order chi connectivity index (χ1) is 13.0. The van der Waals surface area contributed by atoms with Crippen molar-refractivity contribution >= 4 is 41.4 Å². The Kier molecular flexibility index (Phi) is 7.76. The van der Waals surface area contributed by atoms with Gasteiger partial charge in [-0.15, -0.1) is 12.4 Å². The van der Waals surface area contributed by atoms with Crippen LogP contribution < -0.4 is 11.1 Å². The van der Waals surface area contributed by atoms with Gasteiger partial charge < -0.3 is 11.1 Å². The first-order valence-corrected chi connectivity index (χ1v) is 8.92. The molecule has 0 aliphatic heterocycles. The first-order valence-electron chi connectivity index (χ1n) is 8.54. The highest BCUT2D eigenvalue weighted by molar-refractivity contribution is 6.31. The number of benzene rings is 3. The number of ketones is 1. The lowest BCUT2D eigenvalue weighted by Crippen LogP contribution is -2.37. The molecule has 6 heteroatoms. The van der Waals surface area contributed by atoms with E-state index in [1.165, 1.54) is 0 Å². The molecule has 0 heterocycles. The van der Waals surface area contributed by atoms with Gasteiger partial charge in [-0.25, -0.2) is 0 Å². The topological polar surface area (TPSA) is 72.2 Å². The molecule has 3 aromatic carbocycles. The van der Waals surface area contributed by atoms with E-state index in [1.54, 1.807) is 42.5 Å². The largest absolute Gasteiger partial charge is 0.324 e. The number of nitrogens with two attached hydrogens (primary N) is 1. The third-order valence-corrected chi connectivity index (χ3v) is 4.39. The molecule has 0 saturated carbocycles. The van der Waals surface area contributed by atoms with Gasteiger partial charge in [0.15, 0.2) is 5.78 Å². The van der Waals surface area contributed by atoms with Crippen LogP contribution in [-0.2, 0) is 11.2 Å². The van der Waals surface area contributed by atoms with E-state index >= 15 is 0 Å². The van der Waals surface area contributed by atoms with E-state index < -0.39 is 6.04 Å². The summed E-state index contributed by atoms with van der Waals surface area (Å²) in [6, 6.07) is 22.4. The fraction of sp³-hybridized carbons (Fsp3) is 0.0909. The van der Waals surface area contributed by atoms with Crippen LogP contribution in [0.5, 0.6) is 0 Å². The summed E-state index contributed by atoms with van der Waals surface area (Å²) in [5.41, 5.74) is 8.25. The van der Waals surface area contributed by atoms with E-state index in [4.69, 9.17) is 17.3 Å². The summed E-state index contributed by atoms with van der Waals surface area (Å²) >= 11 is 6.07. The SMILES string of the molecule is Cl.NC(Cc1ccccc1)C(=O)Nc1ccc(Cl)cc1C(=O)c1ccccc1. The van der Waals surface area contributed by atoms with Gasteiger partial charge in [0, 0.05) is 16.1 Å². The lowest BCUT2D eigenvalue weighted by molar-refractivity contribution is -0.117. The van der Waals surface area contributed by atoms with Crippen LogP contribution in [0.3, 0.4) is 0 Å². The number of carbonyl (C=O) groups is 2. The lowest BCUT2D eigenvalue weighted by Gasteiger charge is -2.15. The third kappa shape index (κ3) is 5.42. The number of carbonyl (C=O) groups excluding carboxylic acids is 2. The van der Waals surface area contributed by atoms with Gasteiger partial charge >= 0.3 is 0 Å². The Morgan fingerprint density at radius 3 is 2.18 bits per heavy atom. The Morgan fingerprint density at radius 2 is 1.54 bits per heavy atom. The highest BCUT2D eigenvalue weighted by atomic mass is 35.5. The summed E-state index contributed by atoms with van der Waals surface area (Å²) in [7, 11) is 0. The maximum absolute atomic E-state index is 12.8. The molecule has 1 atom stereocenters. The first kappa shape index (κ1) is 21.6. The van der Waals surface area contributed by atoms with E-state index in [-0.39, 0.29) is 24.1 Å². The fourth-order valence-corrected chi connectivity index (χ4v) is 2.92. The number of amides is 1. The fourth-order valence-electron chi connectivity index (χ4n) is 2.74. The van der Waals surface area contributed by atoms with Gasteiger partial charge in [-0.2, -0.15) is 0 Å². The second-order valence-corrected chi connectivity index (χ2v) is 6.61. The van der Waals surface area contributed by atoms with Crippen molar-refractivity contribution in [2.24, 2.45) is 5.73 Å². The molecule has 3 rings (SSSR count). The van der Waals surface area contributed by atoms with Gasteiger partial charge in [-0.1, -0.05) is 72.3 Å². The van der Waals surface area contributed by atoms with E-state index in [9.17, 15) is 9.59 Å². The Hall–Kier alpha value is -2.66. The number of halogens is 2. The molecule has 0 fully saturated rings. The molecule has 0 radical (unpaired) electrons. The van der Waals surface area contributed by atoms with E-state index in [0.717, 1.165) is 5.56 Å². The van der Waals surface area contributed by atoms with Crippen molar-refractivity contribution in [1.29, 1.82) is 0 Å². The van der Waals surface area contributed by atoms with Crippen molar-refractivity contribution in [3.63, 3.8) is 0 Å². The van der Waals surface area contributed by atoms with E-state index in [2.05, 4.69) is 5.32 Å². The van der Waals surface area contributed by atoms with Crippen LogP contribution in [0.2, 0.25) is 5.02 Å². The minimum atomic E-state index is -0.734. The summed E-state index contributed by atoms with van der Waals surface area (Å²) in [6.07, 6.45) is 0.405. The van der Waals surface area contributed by atoms with E-state index in [0.29, 0.717) is 28.3 Å². The Labute approximate surface area is 175 Å². The summed E-state index contributed by atoms with van der Waals surface area (Å²) in [6.45, 7) is 0. The normalized spacial score (nSPS) is 11.2. The number of hydrogen-bond acceptors (Lipinski definition) is 3. The quantitative estimate of drug-likeness (QED) is 0.583. The molecule has 1 amide bonds.